The van der Waals surface area contributed by atoms with E-state index in [2.05, 4.69) is 91.4 Å². The van der Waals surface area contributed by atoms with Crippen LogP contribution in [-0.2, 0) is 17.0 Å². The van der Waals surface area contributed by atoms with E-state index in [-0.39, 0.29) is 7.43 Å². The van der Waals surface area contributed by atoms with Crippen LogP contribution >= 0.6 is 18.6 Å². The average Bonchev–Trinajstić information content (AvgIpc) is 3.11. The van der Waals surface area contributed by atoms with Crippen LogP contribution in [0, 0.1) is 25.2 Å². The summed E-state index contributed by atoms with van der Waals surface area (Å²) in [6.45, 7) is 12.2. The Morgan fingerprint density at radius 1 is 1.09 bits per heavy atom. The number of nitrogens with zero attached hydrogens (tertiary/aromatic N) is 3. The third-order valence-corrected chi connectivity index (χ3v) is 12.2. The van der Waals surface area contributed by atoms with Gasteiger partial charge < -0.3 is 22.2 Å². The molecule has 7 heteroatoms. The summed E-state index contributed by atoms with van der Waals surface area (Å²) in [5, 5.41) is 4.59. The molecule has 3 aliphatic rings. The molecule has 0 radical (unpaired) electrons. The van der Waals surface area contributed by atoms with E-state index in [4.69, 9.17) is 18.6 Å². The van der Waals surface area contributed by atoms with Crippen molar-refractivity contribution in [1.82, 2.24) is 4.57 Å². The molecule has 1 aromatic rings. The molecule has 4 rings (SSSR count). The average molecular weight is 528 g/mol. The van der Waals surface area contributed by atoms with E-state index in [1.165, 1.54) is 30.8 Å². The first-order valence-electron chi connectivity index (χ1n) is 11.3. The molecule has 3 nitrogen and oxygen atoms in total. The van der Waals surface area contributed by atoms with Crippen molar-refractivity contribution in [2.75, 3.05) is 45.2 Å². The van der Waals surface area contributed by atoms with Crippen molar-refractivity contribution in [3.05, 3.63) is 60.8 Å². The molecule has 2 fully saturated rings. The van der Waals surface area contributed by atoms with Gasteiger partial charge in [0.1, 0.15) is 8.24 Å². The van der Waals surface area contributed by atoms with Gasteiger partial charge in [0.2, 0.25) is 0 Å². The number of benzene rings is 1. The van der Waals surface area contributed by atoms with Crippen LogP contribution in [0.3, 0.4) is 0 Å². The zero-order valence-corrected chi connectivity index (χ0v) is 24.6. The molecule has 0 bridgehead atoms. The number of hydrogen-bond acceptors (Lipinski definition) is 2. The summed E-state index contributed by atoms with van der Waals surface area (Å²) in [5.41, 5.74) is 5.07. The van der Waals surface area contributed by atoms with Crippen molar-refractivity contribution in [2.24, 2.45) is 17.8 Å². The van der Waals surface area contributed by atoms with E-state index in [1.807, 2.05) is 0 Å². The molecule has 1 heterocycles. The van der Waals surface area contributed by atoms with Crippen LogP contribution in [0.4, 0.5) is 5.69 Å². The van der Waals surface area contributed by atoms with Crippen molar-refractivity contribution in [1.29, 1.82) is 0 Å². The van der Waals surface area contributed by atoms with E-state index < -0.39 is 25.3 Å². The molecule has 0 N–H and O–H groups in total. The van der Waals surface area contributed by atoms with Crippen molar-refractivity contribution >= 4 is 38.1 Å². The number of piperazine rings is 1. The van der Waals surface area contributed by atoms with Crippen LogP contribution in [-0.4, -0.2) is 53.1 Å². The molecule has 4 atom stereocenters. The maximum absolute atomic E-state index is 4.89. The minimum atomic E-state index is -1.51. The second-order valence-corrected chi connectivity index (χ2v) is 16.9. The fourth-order valence-electron chi connectivity index (χ4n) is 6.16. The third kappa shape index (κ3) is 6.13. The summed E-state index contributed by atoms with van der Waals surface area (Å²) < 4.78 is 2.85. The molecule has 4 unspecified atom stereocenters. The number of allylic oxidation sites excluding steroid dienone is 4. The van der Waals surface area contributed by atoms with E-state index in [0.717, 1.165) is 24.5 Å². The summed E-state index contributed by atoms with van der Waals surface area (Å²) in [6.07, 6.45) is 8.60. The van der Waals surface area contributed by atoms with E-state index in [9.17, 15) is 0 Å². The predicted octanol–water partition coefficient (Wildman–Crippen LogP) is 7.07. The van der Waals surface area contributed by atoms with Gasteiger partial charge >= 0.3 is 35.6 Å². The number of anilines is 1. The van der Waals surface area contributed by atoms with Crippen LogP contribution in [0.5, 0.6) is 0 Å². The first-order valence-corrected chi connectivity index (χ1v) is 18.6. The summed E-state index contributed by atoms with van der Waals surface area (Å²) in [4.78, 5) is 2.18. The second-order valence-electron chi connectivity index (χ2n) is 9.75. The van der Waals surface area contributed by atoms with Gasteiger partial charge in [-0.1, -0.05) is 50.4 Å². The molecule has 1 aromatic carbocycles. The molecule has 32 heavy (non-hydrogen) atoms. The molecule has 2 aliphatic carbocycles. The Labute approximate surface area is 214 Å². The Morgan fingerprint density at radius 3 is 2.25 bits per heavy atom. The van der Waals surface area contributed by atoms with Crippen LogP contribution in [0.1, 0.15) is 18.9 Å². The quantitative estimate of drug-likeness (QED) is 0.308. The Kier molecular flexibility index (Phi) is 11.1. The summed E-state index contributed by atoms with van der Waals surface area (Å²) in [6, 6.07) is 9.17. The molecular formula is C25H39Cl2N3SiTi-2. The van der Waals surface area contributed by atoms with Gasteiger partial charge in [-0.3, -0.25) is 0 Å². The Morgan fingerprint density at radius 2 is 1.69 bits per heavy atom. The maximum atomic E-state index is 4.89. The zero-order valence-electron chi connectivity index (χ0n) is 20.5. The van der Waals surface area contributed by atoms with Crippen molar-refractivity contribution < 1.29 is 17.0 Å². The molecular weight excluding hydrogens is 489 g/mol. The normalized spacial score (nSPS) is 27.4. The number of rotatable bonds is 4. The Balaban J connectivity index is 0.000000860. The van der Waals surface area contributed by atoms with Gasteiger partial charge in [-0.15, -0.1) is 13.1 Å². The summed E-state index contributed by atoms with van der Waals surface area (Å²) in [5.74, 6) is 2.17. The first kappa shape index (κ1) is 28.2. The molecule has 0 aromatic heterocycles. The molecule has 0 amide bonds. The van der Waals surface area contributed by atoms with E-state index in [0.29, 0.717) is 11.8 Å². The number of hydrogen-bond donors (Lipinski definition) is 0. The van der Waals surface area contributed by atoms with Crippen LogP contribution in [0.2, 0.25) is 18.6 Å². The van der Waals surface area contributed by atoms with Crippen molar-refractivity contribution in [2.45, 2.75) is 32.0 Å². The van der Waals surface area contributed by atoms with Gasteiger partial charge in [0.15, 0.2) is 0 Å². The Bertz CT molecular complexity index is 776. The monoisotopic (exact) mass is 527 g/mol. The van der Waals surface area contributed by atoms with Gasteiger partial charge in [0.05, 0.1) is 0 Å². The standard InChI is InChI=1S/C24H36N3Si.CH3.2ClH.Ti/c1-18-17-23-21(19-9-11-20(12-10-19)26(2)3)7-6-8-22(23)24(18)28(4,5)27-15-13-25-14-16-27;;;;/h6-12,18,22-24H,13-17H2,1-5H3;1H3;2*1H;/q2*-1;;;+2/p-2. The first-order chi connectivity index (χ1) is 14.8. The zero-order chi connectivity index (χ0) is 22.6. The molecule has 0 spiro atoms. The number of halogens is 2. The van der Waals surface area contributed by atoms with Gasteiger partial charge in [-0.2, -0.15) is 0 Å². The van der Waals surface area contributed by atoms with E-state index >= 15 is 0 Å². The van der Waals surface area contributed by atoms with Gasteiger partial charge in [0.25, 0.3) is 0 Å². The van der Waals surface area contributed by atoms with Crippen LogP contribution in [0.25, 0.3) is 10.9 Å². The van der Waals surface area contributed by atoms with Gasteiger partial charge in [-0.05, 0) is 66.1 Å². The molecule has 1 saturated carbocycles. The molecule has 1 aliphatic heterocycles. The SMILES string of the molecule is CC1CC2C(c3ccc(N(C)C)cc3)=CC=CC2C1[Si](C)(C)N1CC[N-]CC1.[CH3-].[Cl][Ti][Cl]. The number of fused-ring (bicyclic) bond motifs is 1. The second kappa shape index (κ2) is 12.6. The third-order valence-electron chi connectivity index (χ3n) is 7.53. The van der Waals surface area contributed by atoms with Gasteiger partial charge in [-0.25, -0.2) is 0 Å². The summed E-state index contributed by atoms with van der Waals surface area (Å²) >= 11 is -0.556. The predicted molar refractivity (Wildman–Crippen MR) is 143 cm³/mol. The fourth-order valence-corrected chi connectivity index (χ4v) is 10.7. The van der Waals surface area contributed by atoms with Crippen LogP contribution < -0.4 is 4.90 Å². The fraction of sp³-hybridized carbons (Fsp3) is 0.560. The molecule has 178 valence electrons. The van der Waals surface area contributed by atoms with E-state index in [1.54, 1.807) is 5.57 Å². The van der Waals surface area contributed by atoms with Crippen LogP contribution in [0.15, 0.2) is 42.5 Å². The molecule has 1 saturated heterocycles. The van der Waals surface area contributed by atoms with Crippen molar-refractivity contribution in [3.63, 3.8) is 0 Å². The minimum absolute atomic E-state index is 0. The Hall–Kier alpha value is -0.0688. The van der Waals surface area contributed by atoms with Gasteiger partial charge in [0, 0.05) is 19.8 Å². The summed E-state index contributed by atoms with van der Waals surface area (Å²) in [7, 11) is 12.5. The topological polar surface area (TPSA) is 20.6 Å². The van der Waals surface area contributed by atoms with Crippen molar-refractivity contribution in [3.8, 4) is 0 Å².